The second-order valence-electron chi connectivity index (χ2n) is 7.15. The van der Waals surface area contributed by atoms with Crippen LogP contribution >= 0.6 is 0 Å². The van der Waals surface area contributed by atoms with Gasteiger partial charge in [0.1, 0.15) is 0 Å². The molecule has 3 heteroatoms. The summed E-state index contributed by atoms with van der Waals surface area (Å²) in [5, 5.41) is 0. The molecule has 0 fully saturated rings. The number of amides is 1. The Balaban J connectivity index is 2.02. The van der Waals surface area contributed by atoms with E-state index in [1.54, 1.807) is 3.88 Å². The van der Waals surface area contributed by atoms with Crippen LogP contribution in [0.15, 0.2) is 33.7 Å². The summed E-state index contributed by atoms with van der Waals surface area (Å²) in [6, 6.07) is 4.60. The molecule has 1 aliphatic heterocycles. The van der Waals surface area contributed by atoms with Gasteiger partial charge in [-0.15, -0.1) is 0 Å². The van der Waals surface area contributed by atoms with E-state index in [0.29, 0.717) is 12.3 Å². The first-order chi connectivity index (χ1) is 10.9. The molecule has 3 rings (SSSR count). The first-order valence-electron chi connectivity index (χ1n) is 8.74. The van der Waals surface area contributed by atoms with Gasteiger partial charge in [0.25, 0.3) is 0 Å². The van der Waals surface area contributed by atoms with Crippen molar-refractivity contribution in [2.45, 2.75) is 53.9 Å². The quantitative estimate of drug-likeness (QED) is 0.814. The number of aryl methyl sites for hydroxylation is 2. The van der Waals surface area contributed by atoms with Gasteiger partial charge in [0.05, 0.1) is 0 Å². The van der Waals surface area contributed by atoms with Gasteiger partial charge in [0.2, 0.25) is 0 Å². The number of fused-ring (bicyclic) bond motifs is 1. The predicted molar refractivity (Wildman–Crippen MR) is 93.9 cm³/mol. The third-order valence-corrected chi connectivity index (χ3v) is 12.5. The minimum atomic E-state index is -2.79. The number of hydrogen-bond donors (Lipinski definition) is 1. The van der Waals surface area contributed by atoms with Crippen molar-refractivity contribution in [3.8, 4) is 0 Å². The molecule has 0 bridgehead atoms. The van der Waals surface area contributed by atoms with Crippen molar-refractivity contribution >= 4 is 13.6 Å². The van der Waals surface area contributed by atoms with E-state index in [2.05, 4.69) is 62.7 Å². The average molecular weight is 345 g/mol. The van der Waals surface area contributed by atoms with E-state index < -0.39 is 16.8 Å². The number of carbonyl (C=O) groups is 1. The van der Waals surface area contributed by atoms with Crippen LogP contribution in [-0.2, 0) is 21.6 Å². The SMILES string of the molecule is CCCCC(=O)[NH][Ti]1([C]2=C(C)C=CC2C)[c]2cc(C)cc(C)[c]21. The van der Waals surface area contributed by atoms with E-state index in [9.17, 15) is 4.79 Å². The number of nitrogens with one attached hydrogen (secondary N) is 1. The third kappa shape index (κ3) is 2.66. The normalized spacial score (nSPS) is 24.8. The molecule has 0 radical (unpaired) electrons. The second kappa shape index (κ2) is 6.07. The third-order valence-electron chi connectivity index (χ3n) is 5.20. The summed E-state index contributed by atoms with van der Waals surface area (Å²) in [5.41, 5.74) is 4.06. The van der Waals surface area contributed by atoms with Crippen LogP contribution in [0.25, 0.3) is 0 Å². The van der Waals surface area contributed by atoms with E-state index in [0.717, 1.165) is 12.8 Å². The number of allylic oxidation sites excluding steroid dienone is 4. The summed E-state index contributed by atoms with van der Waals surface area (Å²) in [7, 11) is 0. The van der Waals surface area contributed by atoms with Gasteiger partial charge >= 0.3 is 144 Å². The molecule has 2 aliphatic rings. The number of benzene rings is 1. The molecule has 2 atom stereocenters. The summed E-state index contributed by atoms with van der Waals surface area (Å²) < 4.78 is 8.12. The fourth-order valence-corrected chi connectivity index (χ4v) is 12.7. The fourth-order valence-electron chi connectivity index (χ4n) is 4.23. The molecule has 1 aromatic carbocycles. The van der Waals surface area contributed by atoms with Crippen molar-refractivity contribution in [1.29, 1.82) is 0 Å². The Morgan fingerprint density at radius 1 is 1.26 bits per heavy atom. The van der Waals surface area contributed by atoms with E-state index >= 15 is 0 Å². The van der Waals surface area contributed by atoms with Gasteiger partial charge < -0.3 is 0 Å². The number of unbranched alkanes of at least 4 members (excludes halogenated alkanes) is 1. The van der Waals surface area contributed by atoms with Crippen LogP contribution in [0.2, 0.25) is 0 Å². The van der Waals surface area contributed by atoms with E-state index in [4.69, 9.17) is 0 Å². The zero-order valence-corrected chi connectivity index (χ0v) is 16.5. The Kier molecular flexibility index (Phi) is 4.42. The standard InChI is InChI=1S/C8H8.C7H9.C5H11NO.Ti/c1-7-4-3-5-8(2)6-7;1-6-3-4-7(2)5-6;1-2-3-4-5(6)7;/h4,6H,1-2H3;3-4,6H,1-2H3;2-4H2,1H3,(H2,6,7);/q;;;+1/p-1. The number of carbonyl (C=O) groups excluding carboxylic acids is 1. The summed E-state index contributed by atoms with van der Waals surface area (Å²) in [5.74, 6) is 0.702. The summed E-state index contributed by atoms with van der Waals surface area (Å²) >= 11 is -2.79. The predicted octanol–water partition coefficient (Wildman–Crippen LogP) is 3.42. The van der Waals surface area contributed by atoms with Crippen LogP contribution in [-0.4, -0.2) is 5.91 Å². The van der Waals surface area contributed by atoms with Gasteiger partial charge in [-0.25, -0.2) is 0 Å². The molecule has 0 saturated carbocycles. The zero-order valence-electron chi connectivity index (χ0n) is 14.9. The zero-order chi connectivity index (χ0) is 16.8. The first kappa shape index (κ1) is 16.7. The van der Waals surface area contributed by atoms with Crippen molar-refractivity contribution < 1.29 is 21.6 Å². The molecule has 0 aromatic heterocycles. The molecule has 1 heterocycles. The number of hydrogen-bond acceptors (Lipinski definition) is 1. The van der Waals surface area contributed by atoms with Crippen LogP contribution in [0.1, 0.15) is 51.2 Å². The van der Waals surface area contributed by atoms with Crippen LogP contribution in [0.5, 0.6) is 0 Å². The average Bonchev–Trinajstić information content (AvgIpc) is 2.96. The summed E-state index contributed by atoms with van der Waals surface area (Å²) in [6.07, 6.45) is 7.23. The monoisotopic (exact) mass is 345 g/mol. The molecule has 1 amide bonds. The van der Waals surface area contributed by atoms with Gasteiger partial charge in [0, 0.05) is 0 Å². The van der Waals surface area contributed by atoms with E-state index in [-0.39, 0.29) is 5.91 Å². The van der Waals surface area contributed by atoms with Crippen LogP contribution in [0, 0.1) is 19.8 Å². The first-order valence-corrected chi connectivity index (χ1v) is 11.9. The maximum atomic E-state index is 12.6. The summed E-state index contributed by atoms with van der Waals surface area (Å²) in [4.78, 5) is 12.6. The molecule has 0 saturated heterocycles. The second-order valence-corrected chi connectivity index (χ2v) is 12.3. The van der Waals surface area contributed by atoms with Gasteiger partial charge in [-0.1, -0.05) is 0 Å². The molecule has 1 N–H and O–H groups in total. The molecular weight excluding hydrogens is 318 g/mol. The number of rotatable bonds is 5. The van der Waals surface area contributed by atoms with Crippen LogP contribution < -0.4 is 11.5 Å². The van der Waals surface area contributed by atoms with Gasteiger partial charge in [-0.05, 0) is 0 Å². The van der Waals surface area contributed by atoms with Crippen LogP contribution in [0.3, 0.4) is 0 Å². The molecule has 122 valence electrons. The molecule has 2 unspecified atom stereocenters. The van der Waals surface area contributed by atoms with Gasteiger partial charge in [-0.2, -0.15) is 0 Å². The molecule has 0 spiro atoms. The Bertz CT molecular complexity index is 731. The van der Waals surface area contributed by atoms with E-state index in [1.807, 2.05) is 0 Å². The van der Waals surface area contributed by atoms with Crippen molar-refractivity contribution in [3.63, 3.8) is 0 Å². The van der Waals surface area contributed by atoms with Crippen molar-refractivity contribution in [2.75, 3.05) is 0 Å². The van der Waals surface area contributed by atoms with Gasteiger partial charge in [-0.3, -0.25) is 0 Å². The Morgan fingerprint density at radius 2 is 2.00 bits per heavy atom. The minimum absolute atomic E-state index is 0.250. The molecule has 23 heavy (non-hydrogen) atoms. The maximum absolute atomic E-state index is 12.6. The fraction of sp³-hybridized carbons (Fsp3) is 0.450. The molecular formula is C20H27NOTi. The van der Waals surface area contributed by atoms with Gasteiger partial charge in [0.15, 0.2) is 0 Å². The Hall–Kier alpha value is -1.12. The van der Waals surface area contributed by atoms with Crippen molar-refractivity contribution in [3.05, 3.63) is 44.9 Å². The Labute approximate surface area is 143 Å². The molecule has 2 nitrogen and oxygen atoms in total. The molecule has 1 aliphatic carbocycles. The topological polar surface area (TPSA) is 29.1 Å². The van der Waals surface area contributed by atoms with E-state index in [1.165, 1.54) is 24.4 Å². The molecule has 1 aromatic rings. The van der Waals surface area contributed by atoms with Crippen molar-refractivity contribution in [2.24, 2.45) is 5.92 Å². The van der Waals surface area contributed by atoms with Crippen molar-refractivity contribution in [1.82, 2.24) is 3.80 Å². The van der Waals surface area contributed by atoms with Crippen LogP contribution in [0.4, 0.5) is 0 Å². The summed E-state index contributed by atoms with van der Waals surface area (Å²) in [6.45, 7) is 11.0. The Morgan fingerprint density at radius 3 is 2.61 bits per heavy atom.